The van der Waals surface area contributed by atoms with E-state index in [1.807, 2.05) is 0 Å². The third-order valence-electron chi connectivity index (χ3n) is 1.40. The number of aromatic hydroxyl groups is 1. The predicted molar refractivity (Wildman–Crippen MR) is 42.7 cm³/mol. The van der Waals surface area contributed by atoms with Crippen molar-refractivity contribution in [2.45, 2.75) is 13.3 Å². The fourth-order valence-electron chi connectivity index (χ4n) is 0.909. The maximum atomic E-state index is 8.93. The molecule has 0 aromatic heterocycles. The fourth-order valence-corrected chi connectivity index (χ4v) is 0.909. The van der Waals surface area contributed by atoms with Crippen LogP contribution >= 0.6 is 0 Å². The average molecular weight is 151 g/mol. The van der Waals surface area contributed by atoms with Gasteiger partial charge in [0.25, 0.3) is 0 Å². The van der Waals surface area contributed by atoms with Gasteiger partial charge < -0.3 is 10.2 Å². The van der Waals surface area contributed by atoms with E-state index in [1.165, 1.54) is 0 Å². The Hall–Kier alpha value is -1.02. The zero-order chi connectivity index (χ0) is 8.27. The number of aliphatic hydroxyl groups excluding tert-OH is 1. The van der Waals surface area contributed by atoms with Gasteiger partial charge in [-0.15, -0.1) is 0 Å². The molecular formula is C9H11O2. The number of aliphatic hydroxyl groups is 1. The van der Waals surface area contributed by atoms with E-state index >= 15 is 0 Å². The zero-order valence-electron chi connectivity index (χ0n) is 6.41. The summed E-state index contributed by atoms with van der Waals surface area (Å²) in [6.45, 7) is 1.66. The molecule has 2 N–H and O–H groups in total. The average Bonchev–Trinajstić information content (AvgIpc) is 1.93. The van der Waals surface area contributed by atoms with Crippen LogP contribution in [-0.2, 0) is 6.42 Å². The molecule has 0 aliphatic carbocycles. The highest BCUT2D eigenvalue weighted by atomic mass is 16.3. The molecular weight excluding hydrogens is 140 g/mol. The summed E-state index contributed by atoms with van der Waals surface area (Å²) < 4.78 is 0. The second-order valence-electron chi connectivity index (χ2n) is 2.58. The van der Waals surface area contributed by atoms with Crippen LogP contribution in [0.4, 0.5) is 0 Å². The molecule has 0 aliphatic rings. The SMILES string of the molecule is C[C](O)Cc1ccc(O)cc1. The van der Waals surface area contributed by atoms with Crippen LogP contribution in [0.5, 0.6) is 5.75 Å². The highest BCUT2D eigenvalue weighted by Gasteiger charge is 1.98. The molecule has 2 nitrogen and oxygen atoms in total. The number of phenols is 1. The lowest BCUT2D eigenvalue weighted by Gasteiger charge is -2.02. The Morgan fingerprint density at radius 2 is 1.82 bits per heavy atom. The maximum absolute atomic E-state index is 8.93. The monoisotopic (exact) mass is 151 g/mol. The Kier molecular flexibility index (Phi) is 2.49. The summed E-state index contributed by atoms with van der Waals surface area (Å²) in [6, 6.07) is 6.79. The summed E-state index contributed by atoms with van der Waals surface area (Å²) in [5, 5.41) is 17.9. The van der Waals surface area contributed by atoms with Gasteiger partial charge in [0.2, 0.25) is 0 Å². The smallest absolute Gasteiger partial charge is 0.115 e. The molecule has 1 aromatic carbocycles. The van der Waals surface area contributed by atoms with Gasteiger partial charge in [-0.1, -0.05) is 12.1 Å². The van der Waals surface area contributed by atoms with E-state index in [0.29, 0.717) is 12.5 Å². The number of rotatable bonds is 2. The molecule has 1 rings (SSSR count). The molecule has 1 aromatic rings. The van der Waals surface area contributed by atoms with Gasteiger partial charge in [-0.2, -0.15) is 0 Å². The Bertz CT molecular complexity index is 214. The molecule has 2 heteroatoms. The van der Waals surface area contributed by atoms with Crippen LogP contribution in [0.2, 0.25) is 0 Å². The Morgan fingerprint density at radius 1 is 1.27 bits per heavy atom. The molecule has 0 amide bonds. The Morgan fingerprint density at radius 3 is 2.27 bits per heavy atom. The largest absolute Gasteiger partial charge is 0.508 e. The first-order valence-electron chi connectivity index (χ1n) is 3.48. The van der Waals surface area contributed by atoms with Crippen molar-refractivity contribution in [3.05, 3.63) is 35.9 Å². The zero-order valence-corrected chi connectivity index (χ0v) is 6.41. The highest BCUT2D eigenvalue weighted by Crippen LogP contribution is 2.12. The van der Waals surface area contributed by atoms with Crippen molar-refractivity contribution in [3.63, 3.8) is 0 Å². The lowest BCUT2D eigenvalue weighted by molar-refractivity contribution is 0.307. The van der Waals surface area contributed by atoms with Crippen LogP contribution in [-0.4, -0.2) is 10.2 Å². The first-order chi connectivity index (χ1) is 5.18. The van der Waals surface area contributed by atoms with E-state index in [2.05, 4.69) is 0 Å². The minimum atomic E-state index is 0.254. The summed E-state index contributed by atoms with van der Waals surface area (Å²) >= 11 is 0. The van der Waals surface area contributed by atoms with Crippen molar-refractivity contribution in [2.75, 3.05) is 0 Å². The lowest BCUT2D eigenvalue weighted by Crippen LogP contribution is -1.93. The standard InChI is InChI=1S/C9H11O2/c1-7(10)6-8-2-4-9(11)5-3-8/h2-5,10-11H,6H2,1H3. The normalized spacial score (nSPS) is 10.5. The van der Waals surface area contributed by atoms with E-state index < -0.39 is 0 Å². The molecule has 0 heterocycles. The first-order valence-corrected chi connectivity index (χ1v) is 3.48. The highest BCUT2D eigenvalue weighted by molar-refractivity contribution is 5.26. The number of phenolic OH excluding ortho intramolecular Hbond substituents is 1. The molecule has 11 heavy (non-hydrogen) atoms. The van der Waals surface area contributed by atoms with Crippen LogP contribution < -0.4 is 0 Å². The van der Waals surface area contributed by atoms with Gasteiger partial charge in [-0.3, -0.25) is 0 Å². The third-order valence-corrected chi connectivity index (χ3v) is 1.40. The van der Waals surface area contributed by atoms with Crippen molar-refractivity contribution < 1.29 is 10.2 Å². The molecule has 0 spiro atoms. The van der Waals surface area contributed by atoms with Crippen LogP contribution in [0.25, 0.3) is 0 Å². The minimum absolute atomic E-state index is 0.254. The van der Waals surface area contributed by atoms with Crippen LogP contribution in [0.3, 0.4) is 0 Å². The molecule has 0 atom stereocenters. The van der Waals surface area contributed by atoms with Crippen molar-refractivity contribution in [2.24, 2.45) is 0 Å². The minimum Gasteiger partial charge on any atom is -0.508 e. The molecule has 0 saturated heterocycles. The first kappa shape index (κ1) is 8.08. The second-order valence-corrected chi connectivity index (χ2v) is 2.58. The lowest BCUT2D eigenvalue weighted by atomic mass is 10.1. The topological polar surface area (TPSA) is 40.5 Å². The van der Waals surface area contributed by atoms with E-state index in [1.54, 1.807) is 31.2 Å². The van der Waals surface area contributed by atoms with Crippen molar-refractivity contribution in [3.8, 4) is 5.75 Å². The number of hydrogen-bond donors (Lipinski definition) is 2. The molecule has 1 radical (unpaired) electrons. The molecule has 0 bridgehead atoms. The van der Waals surface area contributed by atoms with Crippen LogP contribution in [0.15, 0.2) is 24.3 Å². The Labute approximate surface area is 66.1 Å². The van der Waals surface area contributed by atoms with Gasteiger partial charge in [-0.05, 0) is 24.6 Å². The van der Waals surface area contributed by atoms with Gasteiger partial charge >= 0.3 is 0 Å². The van der Waals surface area contributed by atoms with E-state index in [0.717, 1.165) is 5.56 Å². The molecule has 0 unspecified atom stereocenters. The summed E-state index contributed by atoms with van der Waals surface area (Å²) in [5.41, 5.74) is 1.00. The number of hydrogen-bond acceptors (Lipinski definition) is 2. The van der Waals surface area contributed by atoms with Gasteiger partial charge in [0.05, 0.1) is 6.10 Å². The maximum Gasteiger partial charge on any atom is 0.115 e. The third kappa shape index (κ3) is 2.60. The van der Waals surface area contributed by atoms with E-state index in [-0.39, 0.29) is 5.75 Å². The van der Waals surface area contributed by atoms with Crippen LogP contribution in [0.1, 0.15) is 12.5 Å². The fraction of sp³-hybridized carbons (Fsp3) is 0.222. The summed E-state index contributed by atoms with van der Waals surface area (Å²) in [6.07, 6.45) is 0.941. The predicted octanol–water partition coefficient (Wildman–Crippen LogP) is 1.86. The van der Waals surface area contributed by atoms with Crippen molar-refractivity contribution >= 4 is 0 Å². The van der Waals surface area contributed by atoms with Gasteiger partial charge in [0.1, 0.15) is 5.75 Å². The molecule has 0 fully saturated rings. The number of benzene rings is 1. The molecule has 0 saturated carbocycles. The second kappa shape index (κ2) is 3.39. The van der Waals surface area contributed by atoms with E-state index in [9.17, 15) is 0 Å². The quantitative estimate of drug-likeness (QED) is 0.677. The summed E-state index contributed by atoms with van der Waals surface area (Å²) in [5.74, 6) is 0.254. The van der Waals surface area contributed by atoms with Gasteiger partial charge in [-0.25, -0.2) is 0 Å². The van der Waals surface area contributed by atoms with E-state index in [4.69, 9.17) is 10.2 Å². The Balaban J connectivity index is 2.66. The molecule has 0 aliphatic heterocycles. The van der Waals surface area contributed by atoms with Crippen molar-refractivity contribution in [1.82, 2.24) is 0 Å². The van der Waals surface area contributed by atoms with Gasteiger partial charge in [0, 0.05) is 6.42 Å². The van der Waals surface area contributed by atoms with Gasteiger partial charge in [0.15, 0.2) is 0 Å². The summed E-state index contributed by atoms with van der Waals surface area (Å²) in [4.78, 5) is 0. The molecule has 59 valence electrons. The van der Waals surface area contributed by atoms with Crippen LogP contribution in [0, 0.1) is 6.10 Å². The summed E-state index contributed by atoms with van der Waals surface area (Å²) in [7, 11) is 0. The van der Waals surface area contributed by atoms with Crippen molar-refractivity contribution in [1.29, 1.82) is 0 Å².